The van der Waals surface area contributed by atoms with Crippen molar-refractivity contribution in [3.63, 3.8) is 0 Å². The zero-order valence-corrected chi connectivity index (χ0v) is 13.6. The number of aryl methyl sites for hydroxylation is 1. The molecule has 0 aliphatic carbocycles. The summed E-state index contributed by atoms with van der Waals surface area (Å²) in [6.07, 6.45) is 11.7. The summed E-state index contributed by atoms with van der Waals surface area (Å²) in [5.41, 5.74) is 0.0148. The van der Waals surface area contributed by atoms with Gasteiger partial charge in [-0.3, -0.25) is 9.09 Å². The van der Waals surface area contributed by atoms with Crippen LogP contribution in [0.4, 0.5) is 0 Å². The van der Waals surface area contributed by atoms with Gasteiger partial charge in [0.05, 0.1) is 12.2 Å². The normalized spacial score (nSPS) is 27.9. The van der Waals surface area contributed by atoms with Gasteiger partial charge >= 0.3 is 5.76 Å². The van der Waals surface area contributed by atoms with Crippen LogP contribution in [-0.4, -0.2) is 21.9 Å². The minimum absolute atomic E-state index is 0.0148. The summed E-state index contributed by atoms with van der Waals surface area (Å²) in [6, 6.07) is 0.233. The minimum Gasteiger partial charge on any atom is -0.375 e. The van der Waals surface area contributed by atoms with Crippen LogP contribution in [0.5, 0.6) is 0 Å². The maximum atomic E-state index is 11.8. The van der Waals surface area contributed by atoms with Gasteiger partial charge in [0.25, 0.3) is 0 Å². The molecule has 3 rings (SSSR count). The van der Waals surface area contributed by atoms with Crippen LogP contribution in [0, 0.1) is 5.92 Å². The molecule has 2 aliphatic heterocycles. The molecule has 0 amide bonds. The third-order valence-electron chi connectivity index (χ3n) is 4.77. The molecule has 1 unspecified atom stereocenters. The van der Waals surface area contributed by atoms with E-state index < -0.39 is 0 Å². The van der Waals surface area contributed by atoms with Crippen molar-refractivity contribution in [3.05, 3.63) is 28.5 Å². The highest BCUT2D eigenvalue weighted by Gasteiger charge is 2.30. The summed E-state index contributed by atoms with van der Waals surface area (Å²) >= 11 is 0. The van der Waals surface area contributed by atoms with Crippen LogP contribution in [0.25, 0.3) is 0 Å². The van der Waals surface area contributed by atoms with Gasteiger partial charge in [-0.25, -0.2) is 4.79 Å². The van der Waals surface area contributed by atoms with Gasteiger partial charge in [-0.1, -0.05) is 23.7 Å². The molecule has 3 heterocycles. The smallest absolute Gasteiger partial charge is 0.375 e. The highest BCUT2D eigenvalue weighted by Crippen LogP contribution is 2.30. The number of fused-ring (bicyclic) bond motifs is 1. The molecule has 22 heavy (non-hydrogen) atoms. The first-order valence-corrected chi connectivity index (χ1v) is 8.43. The van der Waals surface area contributed by atoms with E-state index in [9.17, 15) is 4.79 Å². The molecule has 0 spiro atoms. The van der Waals surface area contributed by atoms with E-state index in [0.29, 0.717) is 5.92 Å². The van der Waals surface area contributed by atoms with Gasteiger partial charge in [-0.15, -0.1) is 0 Å². The maximum Gasteiger partial charge on any atom is 0.441 e. The molecule has 122 valence electrons. The Hall–Kier alpha value is -1.36. The van der Waals surface area contributed by atoms with E-state index in [4.69, 9.17) is 9.26 Å². The molecule has 1 aromatic heterocycles. The van der Waals surface area contributed by atoms with E-state index in [2.05, 4.69) is 31.2 Å². The monoisotopic (exact) mass is 306 g/mol. The first-order valence-electron chi connectivity index (χ1n) is 8.43. The van der Waals surface area contributed by atoms with E-state index in [0.717, 1.165) is 57.4 Å². The topological polar surface area (TPSA) is 57.3 Å². The van der Waals surface area contributed by atoms with Gasteiger partial charge in [0.1, 0.15) is 0 Å². The van der Waals surface area contributed by atoms with Crippen molar-refractivity contribution < 1.29 is 9.26 Å². The molecule has 1 fully saturated rings. The number of hydrogen-bond acceptors (Lipinski definition) is 4. The predicted octanol–water partition coefficient (Wildman–Crippen LogP) is 3.26. The van der Waals surface area contributed by atoms with Crippen LogP contribution in [0.3, 0.4) is 0 Å². The van der Waals surface area contributed by atoms with E-state index in [1.165, 1.54) is 0 Å². The van der Waals surface area contributed by atoms with Gasteiger partial charge < -0.3 is 4.74 Å². The molecule has 5 nitrogen and oxygen atoms in total. The second-order valence-corrected chi connectivity index (χ2v) is 7.17. The lowest BCUT2D eigenvalue weighted by Crippen LogP contribution is -2.21. The molecule has 0 aromatic carbocycles. The first kappa shape index (κ1) is 15.5. The Labute approximate surface area is 131 Å². The Morgan fingerprint density at radius 1 is 1.41 bits per heavy atom. The highest BCUT2D eigenvalue weighted by molar-refractivity contribution is 4.97. The van der Waals surface area contributed by atoms with E-state index >= 15 is 0 Å². The van der Waals surface area contributed by atoms with Crippen molar-refractivity contribution in [3.8, 4) is 0 Å². The minimum atomic E-state index is -0.295. The molecule has 1 aromatic rings. The molecule has 2 atom stereocenters. The van der Waals surface area contributed by atoms with Crippen LogP contribution in [0.1, 0.15) is 64.2 Å². The van der Waals surface area contributed by atoms with Crippen LogP contribution in [0.15, 0.2) is 21.5 Å². The lowest BCUT2D eigenvalue weighted by Gasteiger charge is -2.15. The fourth-order valence-corrected chi connectivity index (χ4v) is 3.66. The molecule has 0 saturated carbocycles. The SMILES string of the molecule is CC1(C)C[C@H](/C=C\CCC2CCCCc3noc(=O)n32)CO1. The average Bonchev–Trinajstić information content (AvgIpc) is 2.92. The van der Waals surface area contributed by atoms with Gasteiger partial charge in [0.2, 0.25) is 0 Å². The first-order chi connectivity index (χ1) is 10.6. The maximum absolute atomic E-state index is 11.8. The molecule has 1 saturated heterocycles. The number of ether oxygens (including phenoxy) is 1. The quantitative estimate of drug-likeness (QED) is 0.801. The summed E-state index contributed by atoms with van der Waals surface area (Å²) in [5.74, 6) is 1.05. The third-order valence-corrected chi connectivity index (χ3v) is 4.77. The van der Waals surface area contributed by atoms with E-state index in [1.807, 2.05) is 0 Å². The zero-order valence-electron chi connectivity index (χ0n) is 13.6. The lowest BCUT2D eigenvalue weighted by molar-refractivity contribution is 0.0357. The molecule has 0 bridgehead atoms. The summed E-state index contributed by atoms with van der Waals surface area (Å²) in [7, 11) is 0. The second kappa shape index (κ2) is 6.41. The van der Waals surface area contributed by atoms with Crippen LogP contribution < -0.4 is 5.76 Å². The standard InChI is InChI=1S/C17H26N2O3/c1-17(2)11-13(12-21-17)7-3-4-8-14-9-5-6-10-15-18-22-16(20)19(14)15/h3,7,13-14H,4-6,8-12H2,1-2H3/b7-3-/t13-,14?/m0/s1. The number of allylic oxidation sites excluding steroid dienone is 1. The number of hydrogen-bond donors (Lipinski definition) is 0. The Bertz CT molecular complexity index is 585. The van der Waals surface area contributed by atoms with Crippen molar-refractivity contribution in [2.45, 2.75) is 70.4 Å². The summed E-state index contributed by atoms with van der Waals surface area (Å²) in [6.45, 7) is 5.11. The summed E-state index contributed by atoms with van der Waals surface area (Å²) < 4.78 is 12.4. The van der Waals surface area contributed by atoms with Crippen molar-refractivity contribution in [1.29, 1.82) is 0 Å². The largest absolute Gasteiger partial charge is 0.441 e. The Morgan fingerprint density at radius 2 is 2.27 bits per heavy atom. The predicted molar refractivity (Wildman–Crippen MR) is 83.9 cm³/mol. The summed E-state index contributed by atoms with van der Waals surface area (Å²) in [5, 5.41) is 3.91. The number of nitrogens with zero attached hydrogens (tertiary/aromatic N) is 2. The second-order valence-electron chi connectivity index (χ2n) is 7.17. The summed E-state index contributed by atoms with van der Waals surface area (Å²) in [4.78, 5) is 11.8. The van der Waals surface area contributed by atoms with Gasteiger partial charge in [-0.05, 0) is 46.0 Å². The molecule has 2 aliphatic rings. The Balaban J connectivity index is 1.55. The van der Waals surface area contributed by atoms with Crippen molar-refractivity contribution in [2.24, 2.45) is 5.92 Å². The molecular formula is C17H26N2O3. The number of rotatable bonds is 4. The average molecular weight is 306 g/mol. The van der Waals surface area contributed by atoms with Gasteiger partial charge in [-0.2, -0.15) is 0 Å². The van der Waals surface area contributed by atoms with Crippen molar-refractivity contribution in [1.82, 2.24) is 9.72 Å². The number of aromatic nitrogens is 2. The molecule has 0 radical (unpaired) electrons. The molecular weight excluding hydrogens is 280 g/mol. The third kappa shape index (κ3) is 3.51. The fraction of sp³-hybridized carbons (Fsp3) is 0.765. The van der Waals surface area contributed by atoms with E-state index in [1.54, 1.807) is 4.57 Å². The molecule has 0 N–H and O–H groups in total. The van der Waals surface area contributed by atoms with Crippen molar-refractivity contribution >= 4 is 0 Å². The van der Waals surface area contributed by atoms with Crippen molar-refractivity contribution in [2.75, 3.05) is 6.61 Å². The van der Waals surface area contributed by atoms with E-state index in [-0.39, 0.29) is 17.4 Å². The Kier molecular flexibility index (Phi) is 4.52. The zero-order chi connectivity index (χ0) is 15.6. The molecule has 5 heteroatoms. The fourth-order valence-electron chi connectivity index (χ4n) is 3.66. The Morgan fingerprint density at radius 3 is 3.05 bits per heavy atom. The van der Waals surface area contributed by atoms with Gasteiger partial charge in [0.15, 0.2) is 5.82 Å². The van der Waals surface area contributed by atoms with Crippen LogP contribution in [-0.2, 0) is 11.2 Å². The lowest BCUT2D eigenvalue weighted by atomic mass is 9.97. The highest BCUT2D eigenvalue weighted by atomic mass is 16.5. The van der Waals surface area contributed by atoms with Crippen LogP contribution in [0.2, 0.25) is 0 Å². The van der Waals surface area contributed by atoms with Crippen LogP contribution >= 0.6 is 0 Å². The van der Waals surface area contributed by atoms with Gasteiger partial charge in [0, 0.05) is 18.4 Å².